The summed E-state index contributed by atoms with van der Waals surface area (Å²) in [5.41, 5.74) is 2.22. The van der Waals surface area contributed by atoms with Gasteiger partial charge in [0.05, 0.1) is 33.3 Å². The van der Waals surface area contributed by atoms with E-state index in [9.17, 15) is 9.18 Å². The van der Waals surface area contributed by atoms with Crippen LogP contribution in [0.3, 0.4) is 0 Å². The highest BCUT2D eigenvalue weighted by Gasteiger charge is 2.27. The van der Waals surface area contributed by atoms with Crippen molar-refractivity contribution in [2.75, 3.05) is 75.8 Å². The van der Waals surface area contributed by atoms with Crippen LogP contribution < -0.4 is 19.4 Å². The fourth-order valence-corrected chi connectivity index (χ4v) is 4.24. The van der Waals surface area contributed by atoms with Gasteiger partial charge in [0.25, 0.3) is 5.91 Å². The van der Waals surface area contributed by atoms with Crippen LogP contribution >= 0.6 is 0 Å². The number of nitrogens with one attached hydrogen (secondary N) is 1. The molecule has 0 unspecified atom stereocenters. The highest BCUT2D eigenvalue weighted by molar-refractivity contribution is 5.77. The Morgan fingerprint density at radius 1 is 0.867 bits per heavy atom. The van der Waals surface area contributed by atoms with Crippen molar-refractivity contribution in [2.45, 2.75) is 0 Å². The molecule has 0 bridgehead atoms. The number of hydrogen-bond donors (Lipinski definition) is 1. The average Bonchev–Trinajstić information content (AvgIpc) is 2.80. The monoisotopic (exact) mass is 413 g/mol. The Labute approximate surface area is 177 Å². The van der Waals surface area contributed by atoms with Gasteiger partial charge in [0.1, 0.15) is 11.6 Å². The maximum Gasteiger partial charge on any atom is 0.277 e. The van der Waals surface area contributed by atoms with Crippen molar-refractivity contribution >= 4 is 17.3 Å². The van der Waals surface area contributed by atoms with Crippen molar-refractivity contribution in [3.05, 3.63) is 54.3 Å². The van der Waals surface area contributed by atoms with Crippen LogP contribution in [0.2, 0.25) is 0 Å². The van der Waals surface area contributed by atoms with Gasteiger partial charge in [-0.3, -0.25) is 4.79 Å². The fraction of sp³-hybridized carbons (Fsp3) is 0.435. The van der Waals surface area contributed by atoms with E-state index in [1.54, 1.807) is 7.11 Å². The third-order valence-electron chi connectivity index (χ3n) is 6.13. The van der Waals surface area contributed by atoms with E-state index in [2.05, 4.69) is 21.9 Å². The number of nitrogens with zero attached hydrogens (tertiary/aromatic N) is 3. The standard InChI is InChI=1S/C23H29FN4O2/c1-30-22-8-6-21(7-9-22)27-14-16-28(17-15-27)23(29)18-25-10-12-26(13-11-25)20-4-2-19(24)3-5-20/h2-9H,10-18H2,1H3/p+1. The van der Waals surface area contributed by atoms with Crippen molar-refractivity contribution in [1.29, 1.82) is 0 Å². The van der Waals surface area contributed by atoms with E-state index in [0.29, 0.717) is 6.54 Å². The molecule has 0 aromatic heterocycles. The minimum atomic E-state index is -0.208. The zero-order valence-corrected chi connectivity index (χ0v) is 17.5. The van der Waals surface area contributed by atoms with Crippen LogP contribution in [0.4, 0.5) is 15.8 Å². The van der Waals surface area contributed by atoms with Gasteiger partial charge in [0.15, 0.2) is 6.54 Å². The summed E-state index contributed by atoms with van der Waals surface area (Å²) in [4.78, 5) is 20.7. The van der Waals surface area contributed by atoms with Crippen molar-refractivity contribution in [3.63, 3.8) is 0 Å². The first-order chi connectivity index (χ1) is 14.6. The number of anilines is 2. The number of hydrogen-bond acceptors (Lipinski definition) is 4. The number of quaternary nitrogens is 1. The quantitative estimate of drug-likeness (QED) is 0.791. The highest BCUT2D eigenvalue weighted by atomic mass is 19.1. The number of carbonyl (C=O) groups is 1. The number of benzene rings is 2. The van der Waals surface area contributed by atoms with Gasteiger partial charge in [-0.25, -0.2) is 4.39 Å². The molecule has 30 heavy (non-hydrogen) atoms. The third kappa shape index (κ3) is 4.84. The average molecular weight is 414 g/mol. The summed E-state index contributed by atoms with van der Waals surface area (Å²) < 4.78 is 18.3. The molecule has 160 valence electrons. The topological polar surface area (TPSA) is 40.5 Å². The lowest BCUT2D eigenvalue weighted by molar-refractivity contribution is -0.892. The molecule has 2 aromatic rings. The minimum absolute atomic E-state index is 0.208. The largest absolute Gasteiger partial charge is 0.497 e. The van der Waals surface area contributed by atoms with E-state index >= 15 is 0 Å². The highest BCUT2D eigenvalue weighted by Crippen LogP contribution is 2.20. The summed E-state index contributed by atoms with van der Waals surface area (Å²) in [6, 6.07) is 14.8. The lowest BCUT2D eigenvalue weighted by Crippen LogP contribution is -3.16. The van der Waals surface area contributed by atoms with Crippen molar-refractivity contribution in [1.82, 2.24) is 4.90 Å². The first-order valence-corrected chi connectivity index (χ1v) is 10.6. The van der Waals surface area contributed by atoms with Gasteiger partial charge in [0.2, 0.25) is 0 Å². The summed E-state index contributed by atoms with van der Waals surface area (Å²) >= 11 is 0. The van der Waals surface area contributed by atoms with Crippen LogP contribution in [0.1, 0.15) is 0 Å². The first kappa shape index (κ1) is 20.5. The predicted molar refractivity (Wildman–Crippen MR) is 116 cm³/mol. The van der Waals surface area contributed by atoms with Crippen LogP contribution in [-0.4, -0.2) is 76.8 Å². The van der Waals surface area contributed by atoms with Crippen LogP contribution in [0.15, 0.2) is 48.5 Å². The molecule has 0 aliphatic carbocycles. The van der Waals surface area contributed by atoms with Gasteiger partial charge in [-0.2, -0.15) is 0 Å². The summed E-state index contributed by atoms with van der Waals surface area (Å²) in [5, 5.41) is 0. The van der Waals surface area contributed by atoms with Crippen molar-refractivity contribution < 1.29 is 18.8 Å². The number of amides is 1. The van der Waals surface area contributed by atoms with E-state index in [1.165, 1.54) is 22.7 Å². The molecule has 2 saturated heterocycles. The van der Waals surface area contributed by atoms with Gasteiger partial charge in [-0.15, -0.1) is 0 Å². The van der Waals surface area contributed by atoms with Gasteiger partial charge < -0.3 is 24.3 Å². The zero-order valence-electron chi connectivity index (χ0n) is 17.5. The number of halogens is 1. The van der Waals surface area contributed by atoms with Gasteiger partial charge in [-0.1, -0.05) is 0 Å². The van der Waals surface area contributed by atoms with E-state index in [1.807, 2.05) is 29.2 Å². The molecule has 2 aromatic carbocycles. The van der Waals surface area contributed by atoms with Crippen LogP contribution in [0, 0.1) is 5.82 Å². The summed E-state index contributed by atoms with van der Waals surface area (Å²) in [7, 11) is 1.67. The molecule has 2 fully saturated rings. The SMILES string of the molecule is COc1ccc(N2CCN(C(=O)C[NH+]3CCN(c4ccc(F)cc4)CC3)CC2)cc1. The molecule has 6 nitrogen and oxygen atoms in total. The minimum Gasteiger partial charge on any atom is -0.497 e. The second-order valence-electron chi connectivity index (χ2n) is 7.96. The van der Waals surface area contributed by atoms with Crippen LogP contribution in [0.25, 0.3) is 0 Å². The van der Waals surface area contributed by atoms with E-state index < -0.39 is 0 Å². The summed E-state index contributed by atoms with van der Waals surface area (Å²) in [5.74, 6) is 0.894. The maximum atomic E-state index is 13.1. The molecule has 1 N–H and O–H groups in total. The normalized spacial score (nSPS) is 17.9. The molecule has 2 aliphatic heterocycles. The first-order valence-electron chi connectivity index (χ1n) is 10.6. The number of ether oxygens (including phenoxy) is 1. The number of rotatable bonds is 5. The molecular weight excluding hydrogens is 383 g/mol. The van der Waals surface area contributed by atoms with E-state index in [-0.39, 0.29) is 11.7 Å². The Bertz CT molecular complexity index is 827. The Morgan fingerprint density at radius 2 is 1.40 bits per heavy atom. The Balaban J connectivity index is 1.22. The zero-order chi connectivity index (χ0) is 20.9. The van der Waals surface area contributed by atoms with Gasteiger partial charge >= 0.3 is 0 Å². The van der Waals surface area contributed by atoms with E-state index in [4.69, 9.17) is 4.74 Å². The summed E-state index contributed by atoms with van der Waals surface area (Å²) in [6.45, 7) is 7.42. The van der Waals surface area contributed by atoms with Crippen LogP contribution in [-0.2, 0) is 4.79 Å². The molecule has 4 rings (SSSR count). The Morgan fingerprint density at radius 3 is 1.97 bits per heavy atom. The molecule has 0 saturated carbocycles. The fourth-order valence-electron chi connectivity index (χ4n) is 4.24. The van der Waals surface area contributed by atoms with Crippen LogP contribution in [0.5, 0.6) is 5.75 Å². The molecule has 2 aliphatic rings. The molecule has 0 atom stereocenters. The Kier molecular flexibility index (Phi) is 6.38. The number of methoxy groups -OCH3 is 1. The number of piperazine rings is 2. The third-order valence-corrected chi connectivity index (χ3v) is 6.13. The maximum absolute atomic E-state index is 13.1. The van der Waals surface area contributed by atoms with E-state index in [0.717, 1.165) is 63.8 Å². The Hall–Kier alpha value is -2.80. The molecule has 7 heteroatoms. The lowest BCUT2D eigenvalue weighted by Gasteiger charge is -2.37. The molecule has 2 heterocycles. The predicted octanol–water partition coefficient (Wildman–Crippen LogP) is 0.888. The second-order valence-corrected chi connectivity index (χ2v) is 7.96. The van der Waals surface area contributed by atoms with Gasteiger partial charge in [-0.05, 0) is 48.5 Å². The van der Waals surface area contributed by atoms with Gasteiger partial charge in [0, 0.05) is 37.6 Å². The number of carbonyl (C=O) groups excluding carboxylic acids is 1. The van der Waals surface area contributed by atoms with Crippen molar-refractivity contribution in [3.8, 4) is 5.75 Å². The lowest BCUT2D eigenvalue weighted by atomic mass is 10.2. The smallest absolute Gasteiger partial charge is 0.277 e. The molecule has 0 radical (unpaired) electrons. The molecule has 0 spiro atoms. The molecule has 1 amide bonds. The molecular formula is C23H30FN4O2+. The summed E-state index contributed by atoms with van der Waals surface area (Å²) in [6.07, 6.45) is 0. The second kappa shape index (κ2) is 9.34. The van der Waals surface area contributed by atoms with Crippen molar-refractivity contribution in [2.24, 2.45) is 0 Å².